The summed E-state index contributed by atoms with van der Waals surface area (Å²) < 4.78 is 4.77. The molecule has 0 saturated heterocycles. The van der Waals surface area contributed by atoms with E-state index in [1.165, 1.54) is 0 Å². The summed E-state index contributed by atoms with van der Waals surface area (Å²) in [6, 6.07) is 0. The van der Waals surface area contributed by atoms with E-state index in [4.69, 9.17) is 23.5 Å². The van der Waals surface area contributed by atoms with Crippen molar-refractivity contribution in [1.29, 1.82) is 0 Å². The highest BCUT2D eigenvalue weighted by Gasteiger charge is 1.94. The Morgan fingerprint density at radius 2 is 2.50 bits per heavy atom. The van der Waals surface area contributed by atoms with E-state index in [9.17, 15) is 0 Å². The molecular formula is C6H10N2OS. The Hall–Kier alpha value is -0.660. The summed E-state index contributed by atoms with van der Waals surface area (Å²) in [5.74, 6) is 0. The fraction of sp³-hybridized carbons (Fsp3) is 0.667. The minimum absolute atomic E-state index is 0.277. The van der Waals surface area contributed by atoms with Crippen molar-refractivity contribution in [3.63, 3.8) is 0 Å². The molecule has 3 nitrogen and oxygen atoms in total. The minimum Gasteiger partial charge on any atom is -0.383 e. The topological polar surface area (TPSA) is 25.6 Å². The highest BCUT2D eigenvalue weighted by Crippen LogP contribution is 1.74. The molecule has 1 N–H and O–H groups in total. The number of hydrogen-bond acceptors (Lipinski definition) is 2. The molecular weight excluding hydrogens is 148 g/mol. The molecule has 0 rings (SSSR count). The van der Waals surface area contributed by atoms with Gasteiger partial charge < -0.3 is 14.9 Å². The van der Waals surface area contributed by atoms with Gasteiger partial charge in [0.25, 0.3) is 6.54 Å². The predicted octanol–water partition coefficient (Wildman–Crippen LogP) is 0.469. The van der Waals surface area contributed by atoms with Crippen LogP contribution >= 0.6 is 12.2 Å². The maximum Gasteiger partial charge on any atom is 0.264 e. The molecule has 0 unspecified atom stereocenters. The summed E-state index contributed by atoms with van der Waals surface area (Å²) in [5.41, 5.74) is 0. The van der Waals surface area contributed by atoms with Crippen LogP contribution in [0.2, 0.25) is 0 Å². The zero-order valence-electron chi connectivity index (χ0n) is 5.89. The third-order valence-corrected chi connectivity index (χ3v) is 1.12. The Kier molecular flexibility index (Phi) is 6.03. The Labute approximate surface area is 66.2 Å². The van der Waals surface area contributed by atoms with Crippen LogP contribution in [0.3, 0.4) is 0 Å². The van der Waals surface area contributed by atoms with Crippen LogP contribution in [0, 0.1) is 6.57 Å². The SMILES string of the molecule is [C-]#[N+]CC(=S)NCCOC. The van der Waals surface area contributed by atoms with E-state index in [2.05, 4.69) is 10.2 Å². The fourth-order valence-electron chi connectivity index (χ4n) is 0.420. The van der Waals surface area contributed by atoms with Crippen LogP contribution in [0.5, 0.6) is 0 Å². The van der Waals surface area contributed by atoms with Crippen LogP contribution in [-0.2, 0) is 4.74 Å². The zero-order chi connectivity index (χ0) is 7.82. The van der Waals surface area contributed by atoms with Gasteiger partial charge in [0.15, 0.2) is 4.99 Å². The summed E-state index contributed by atoms with van der Waals surface area (Å²) in [6.45, 7) is 8.07. The Bertz CT molecular complexity index is 141. The van der Waals surface area contributed by atoms with Gasteiger partial charge in [-0.05, 0) is 0 Å². The molecule has 0 aromatic heterocycles. The van der Waals surface area contributed by atoms with E-state index < -0.39 is 0 Å². The summed E-state index contributed by atoms with van der Waals surface area (Å²) in [5, 5.41) is 2.88. The molecule has 0 amide bonds. The number of thiocarbonyl (C=S) groups is 1. The van der Waals surface area contributed by atoms with Gasteiger partial charge in [-0.1, -0.05) is 12.2 Å². The monoisotopic (exact) mass is 158 g/mol. The van der Waals surface area contributed by atoms with E-state index in [1.54, 1.807) is 7.11 Å². The quantitative estimate of drug-likeness (QED) is 0.366. The second-order valence-electron chi connectivity index (χ2n) is 1.66. The first-order chi connectivity index (χ1) is 4.81. The van der Waals surface area contributed by atoms with Crippen molar-refractivity contribution in [3.05, 3.63) is 11.4 Å². The van der Waals surface area contributed by atoms with Gasteiger partial charge >= 0.3 is 0 Å². The number of methoxy groups -OCH3 is 1. The number of nitrogens with one attached hydrogen (secondary N) is 1. The molecule has 0 spiro atoms. The highest BCUT2D eigenvalue weighted by atomic mass is 32.1. The largest absolute Gasteiger partial charge is 0.383 e. The van der Waals surface area contributed by atoms with Crippen molar-refractivity contribution >= 4 is 17.2 Å². The highest BCUT2D eigenvalue weighted by molar-refractivity contribution is 7.80. The van der Waals surface area contributed by atoms with E-state index >= 15 is 0 Å². The van der Waals surface area contributed by atoms with E-state index in [0.29, 0.717) is 18.1 Å². The minimum atomic E-state index is 0.277. The molecule has 0 saturated carbocycles. The first-order valence-electron chi connectivity index (χ1n) is 2.90. The third kappa shape index (κ3) is 5.48. The van der Waals surface area contributed by atoms with Gasteiger partial charge in [-0.2, -0.15) is 0 Å². The fourth-order valence-corrected chi connectivity index (χ4v) is 0.587. The van der Waals surface area contributed by atoms with Crippen molar-refractivity contribution in [2.45, 2.75) is 0 Å². The molecule has 0 aliphatic heterocycles. The molecule has 0 radical (unpaired) electrons. The van der Waals surface area contributed by atoms with Crippen LogP contribution in [0.15, 0.2) is 0 Å². The third-order valence-electron chi connectivity index (χ3n) is 0.851. The lowest BCUT2D eigenvalue weighted by Crippen LogP contribution is -2.26. The summed E-state index contributed by atoms with van der Waals surface area (Å²) in [7, 11) is 1.62. The predicted molar refractivity (Wildman–Crippen MR) is 43.9 cm³/mol. The van der Waals surface area contributed by atoms with Crippen LogP contribution in [0.1, 0.15) is 0 Å². The molecule has 0 aromatic rings. The Morgan fingerprint density at radius 3 is 3.00 bits per heavy atom. The van der Waals surface area contributed by atoms with Crippen LogP contribution < -0.4 is 5.32 Å². The van der Waals surface area contributed by atoms with E-state index in [-0.39, 0.29) is 6.54 Å². The van der Waals surface area contributed by atoms with Crippen molar-refractivity contribution in [3.8, 4) is 0 Å². The molecule has 4 heteroatoms. The average molecular weight is 158 g/mol. The second kappa shape index (κ2) is 6.46. The maximum absolute atomic E-state index is 6.48. The normalized spacial score (nSPS) is 8.40. The molecule has 0 aliphatic carbocycles. The summed E-state index contributed by atoms with van der Waals surface area (Å²) in [4.78, 5) is 3.71. The summed E-state index contributed by atoms with van der Waals surface area (Å²) >= 11 is 4.79. The van der Waals surface area contributed by atoms with Gasteiger partial charge in [-0.3, -0.25) is 0 Å². The zero-order valence-corrected chi connectivity index (χ0v) is 6.70. The van der Waals surface area contributed by atoms with Gasteiger partial charge in [0, 0.05) is 13.7 Å². The number of nitrogens with zero attached hydrogens (tertiary/aromatic N) is 1. The lowest BCUT2D eigenvalue weighted by atomic mass is 10.6. The lowest BCUT2D eigenvalue weighted by Gasteiger charge is -2.00. The second-order valence-corrected chi connectivity index (χ2v) is 2.15. The van der Waals surface area contributed by atoms with Crippen molar-refractivity contribution < 1.29 is 4.74 Å². The maximum atomic E-state index is 6.48. The van der Waals surface area contributed by atoms with Crippen molar-refractivity contribution in [2.24, 2.45) is 0 Å². The van der Waals surface area contributed by atoms with Gasteiger partial charge in [0.1, 0.15) is 0 Å². The van der Waals surface area contributed by atoms with E-state index in [0.717, 1.165) is 0 Å². The molecule has 56 valence electrons. The average Bonchev–Trinajstić information content (AvgIpc) is 1.89. The standard InChI is InChI=1S/C6H10N2OS/c1-7-5-6(10)8-3-4-9-2/h3-5H2,2H3,(H,8,10). The van der Waals surface area contributed by atoms with Crippen LogP contribution in [0.25, 0.3) is 4.85 Å². The molecule has 10 heavy (non-hydrogen) atoms. The Balaban J connectivity index is 3.15. The van der Waals surface area contributed by atoms with Gasteiger partial charge in [0.05, 0.1) is 6.61 Å². The smallest absolute Gasteiger partial charge is 0.264 e. The number of rotatable bonds is 4. The summed E-state index contributed by atoms with van der Waals surface area (Å²) in [6.07, 6.45) is 0. The number of hydrogen-bond donors (Lipinski definition) is 1. The number of ether oxygens (including phenoxy) is 1. The Morgan fingerprint density at radius 1 is 1.80 bits per heavy atom. The van der Waals surface area contributed by atoms with Gasteiger partial charge in [0.2, 0.25) is 0 Å². The molecule has 0 bridgehead atoms. The molecule has 0 aliphatic rings. The van der Waals surface area contributed by atoms with Crippen LogP contribution in [0.4, 0.5) is 0 Å². The van der Waals surface area contributed by atoms with Gasteiger partial charge in [-0.15, -0.1) is 0 Å². The van der Waals surface area contributed by atoms with Crippen LogP contribution in [-0.4, -0.2) is 31.8 Å². The lowest BCUT2D eigenvalue weighted by molar-refractivity contribution is 0.204. The van der Waals surface area contributed by atoms with Crippen molar-refractivity contribution in [1.82, 2.24) is 5.32 Å². The molecule has 0 atom stereocenters. The van der Waals surface area contributed by atoms with E-state index in [1.807, 2.05) is 0 Å². The van der Waals surface area contributed by atoms with Crippen molar-refractivity contribution in [2.75, 3.05) is 26.8 Å². The molecule has 0 aromatic carbocycles. The van der Waals surface area contributed by atoms with Gasteiger partial charge in [-0.25, -0.2) is 6.57 Å². The molecule has 0 heterocycles. The first-order valence-corrected chi connectivity index (χ1v) is 3.31. The molecule has 0 fully saturated rings. The first kappa shape index (κ1) is 9.34.